The Kier molecular flexibility index (Phi) is 3.37. The number of nitriles is 4. The van der Waals surface area contributed by atoms with Gasteiger partial charge in [0.15, 0.2) is 10.8 Å². The molecule has 0 aliphatic heterocycles. The Hall–Kier alpha value is -2.09. The van der Waals surface area contributed by atoms with Crippen LogP contribution in [0.25, 0.3) is 0 Å². The van der Waals surface area contributed by atoms with Crippen molar-refractivity contribution in [2.45, 2.75) is 0 Å². The van der Waals surface area contributed by atoms with Gasteiger partial charge in [-0.15, -0.1) is 0 Å². The van der Waals surface area contributed by atoms with Gasteiger partial charge in [-0.05, 0) is 0 Å². The fraction of sp³-hybridized carbons (Fsp3) is 0.500. The maximum absolute atomic E-state index is 11.6. The molecule has 1 aliphatic rings. The maximum atomic E-state index is 11.6. The van der Waals surface area contributed by atoms with Crippen molar-refractivity contribution in [1.82, 2.24) is 0 Å². The molecule has 1 rings (SSSR count). The van der Waals surface area contributed by atoms with E-state index in [0.717, 1.165) is 0 Å². The number of rotatable bonds is 3. The number of carbonyl (C=O) groups is 1. The van der Waals surface area contributed by atoms with Gasteiger partial charge in [0.25, 0.3) is 0 Å². The van der Waals surface area contributed by atoms with Crippen LogP contribution in [-0.2, 0) is 9.53 Å². The molecular formula is C10H5BrN4O2. The van der Waals surface area contributed by atoms with Crippen molar-refractivity contribution in [3.63, 3.8) is 0 Å². The zero-order chi connectivity index (χ0) is 13.1. The molecule has 1 fully saturated rings. The third-order valence-electron chi connectivity index (χ3n) is 2.67. The minimum atomic E-state index is -1.92. The van der Waals surface area contributed by atoms with Crippen molar-refractivity contribution in [1.29, 1.82) is 21.0 Å². The molecule has 0 bridgehead atoms. The molecule has 0 atom stereocenters. The molecule has 0 spiro atoms. The second-order valence-corrected chi connectivity index (χ2v) is 4.15. The van der Waals surface area contributed by atoms with E-state index in [1.807, 2.05) is 0 Å². The van der Waals surface area contributed by atoms with Crippen molar-refractivity contribution < 1.29 is 9.53 Å². The van der Waals surface area contributed by atoms with E-state index in [1.54, 1.807) is 24.3 Å². The van der Waals surface area contributed by atoms with E-state index in [1.165, 1.54) is 0 Å². The third-order valence-corrected chi connectivity index (χ3v) is 2.99. The summed E-state index contributed by atoms with van der Waals surface area (Å²) < 4.78 is 4.74. The average molecular weight is 293 g/mol. The van der Waals surface area contributed by atoms with Gasteiger partial charge >= 0.3 is 5.97 Å². The number of halogens is 1. The molecular weight excluding hydrogens is 288 g/mol. The molecule has 0 aromatic rings. The van der Waals surface area contributed by atoms with Gasteiger partial charge in [0, 0.05) is 5.33 Å². The van der Waals surface area contributed by atoms with Crippen LogP contribution in [-0.4, -0.2) is 17.9 Å². The first-order valence-electron chi connectivity index (χ1n) is 4.47. The Balaban J connectivity index is 3.09. The smallest absolute Gasteiger partial charge is 0.314 e. The Bertz CT molecular complexity index is 450. The third kappa shape index (κ3) is 1.45. The van der Waals surface area contributed by atoms with Gasteiger partial charge in [-0.3, -0.25) is 4.79 Å². The SMILES string of the molecule is N#CC1(C#N)C(C(=O)OCCBr)C1(C#N)C#N. The summed E-state index contributed by atoms with van der Waals surface area (Å²) in [5.74, 6) is -2.19. The molecule has 0 aromatic heterocycles. The number of hydrogen-bond acceptors (Lipinski definition) is 6. The first-order chi connectivity index (χ1) is 8.10. The number of carbonyl (C=O) groups excluding carboxylic acids is 1. The van der Waals surface area contributed by atoms with Crippen molar-refractivity contribution >= 4 is 21.9 Å². The van der Waals surface area contributed by atoms with Gasteiger partial charge in [0.2, 0.25) is 0 Å². The molecule has 0 amide bonds. The van der Waals surface area contributed by atoms with E-state index in [9.17, 15) is 4.79 Å². The Labute approximate surface area is 106 Å². The molecule has 1 saturated carbocycles. The maximum Gasteiger partial charge on any atom is 0.314 e. The lowest BCUT2D eigenvalue weighted by atomic mass is 9.98. The quantitative estimate of drug-likeness (QED) is 0.555. The van der Waals surface area contributed by atoms with E-state index < -0.39 is 22.7 Å². The zero-order valence-electron chi connectivity index (χ0n) is 8.47. The molecule has 0 aromatic carbocycles. The number of nitrogens with zero attached hydrogens (tertiary/aromatic N) is 4. The van der Waals surface area contributed by atoms with Crippen molar-refractivity contribution in [3.05, 3.63) is 0 Å². The fourth-order valence-electron chi connectivity index (χ4n) is 1.71. The van der Waals surface area contributed by atoms with E-state index in [4.69, 9.17) is 25.8 Å². The average Bonchev–Trinajstić information content (AvgIpc) is 2.99. The highest BCUT2D eigenvalue weighted by Crippen LogP contribution is 2.68. The van der Waals surface area contributed by atoms with Gasteiger partial charge in [0.05, 0.1) is 24.3 Å². The molecule has 84 valence electrons. The molecule has 0 saturated heterocycles. The van der Waals surface area contributed by atoms with E-state index in [-0.39, 0.29) is 6.61 Å². The molecule has 0 N–H and O–H groups in total. The predicted molar refractivity (Wildman–Crippen MR) is 55.6 cm³/mol. The number of alkyl halides is 1. The molecule has 1 aliphatic carbocycles. The van der Waals surface area contributed by atoms with Crippen LogP contribution in [0, 0.1) is 62.1 Å². The zero-order valence-corrected chi connectivity index (χ0v) is 10.1. The van der Waals surface area contributed by atoms with Crippen molar-refractivity contribution in [2.24, 2.45) is 16.7 Å². The Morgan fingerprint density at radius 2 is 1.53 bits per heavy atom. The van der Waals surface area contributed by atoms with Crippen LogP contribution in [0.15, 0.2) is 0 Å². The van der Waals surface area contributed by atoms with Gasteiger partial charge in [0.1, 0.15) is 12.5 Å². The topological polar surface area (TPSA) is 121 Å². The Morgan fingerprint density at radius 1 is 1.12 bits per heavy atom. The van der Waals surface area contributed by atoms with Gasteiger partial charge in [-0.2, -0.15) is 21.0 Å². The summed E-state index contributed by atoms with van der Waals surface area (Å²) in [6.45, 7) is 0.0508. The monoisotopic (exact) mass is 292 g/mol. The van der Waals surface area contributed by atoms with E-state index >= 15 is 0 Å². The minimum Gasteiger partial charge on any atom is -0.464 e. The van der Waals surface area contributed by atoms with Gasteiger partial charge in [-0.25, -0.2) is 0 Å². The number of ether oxygens (including phenoxy) is 1. The van der Waals surface area contributed by atoms with Gasteiger partial charge < -0.3 is 4.74 Å². The standard InChI is InChI=1S/C10H5BrN4O2/c11-1-2-17-8(16)7-9(3-12,4-13)10(7,5-14)6-15/h7H,1-2H2. The van der Waals surface area contributed by atoms with Gasteiger partial charge in [-0.1, -0.05) is 15.9 Å². The van der Waals surface area contributed by atoms with Crippen LogP contribution in [0.5, 0.6) is 0 Å². The van der Waals surface area contributed by atoms with Crippen LogP contribution in [0.3, 0.4) is 0 Å². The molecule has 0 radical (unpaired) electrons. The van der Waals surface area contributed by atoms with Crippen LogP contribution >= 0.6 is 15.9 Å². The minimum absolute atomic E-state index is 0.0508. The summed E-state index contributed by atoms with van der Waals surface area (Å²) >= 11 is 3.04. The van der Waals surface area contributed by atoms with E-state index in [0.29, 0.717) is 5.33 Å². The van der Waals surface area contributed by atoms with Crippen molar-refractivity contribution in [3.8, 4) is 24.3 Å². The highest BCUT2D eigenvalue weighted by atomic mass is 79.9. The number of hydrogen-bond donors (Lipinski definition) is 0. The highest BCUT2D eigenvalue weighted by molar-refractivity contribution is 9.09. The molecule has 7 heteroatoms. The summed E-state index contributed by atoms with van der Waals surface area (Å²) in [4.78, 5) is 11.6. The van der Waals surface area contributed by atoms with Crippen LogP contribution in [0.2, 0.25) is 0 Å². The lowest BCUT2D eigenvalue weighted by Crippen LogP contribution is -2.13. The van der Waals surface area contributed by atoms with Crippen LogP contribution in [0.1, 0.15) is 0 Å². The molecule has 0 unspecified atom stereocenters. The fourth-order valence-corrected chi connectivity index (χ4v) is 1.87. The summed E-state index contributed by atoms with van der Waals surface area (Å²) in [6, 6.07) is 6.33. The lowest BCUT2D eigenvalue weighted by molar-refractivity contribution is -0.145. The molecule has 17 heavy (non-hydrogen) atoms. The largest absolute Gasteiger partial charge is 0.464 e. The molecule has 6 nitrogen and oxygen atoms in total. The molecule has 0 heterocycles. The highest BCUT2D eigenvalue weighted by Gasteiger charge is 2.85. The predicted octanol–water partition coefficient (Wildman–Crippen LogP) is 0.621. The lowest BCUT2D eigenvalue weighted by Gasteiger charge is -2.00. The summed E-state index contributed by atoms with van der Waals surface area (Å²) in [7, 11) is 0. The second-order valence-electron chi connectivity index (χ2n) is 3.35. The van der Waals surface area contributed by atoms with E-state index in [2.05, 4.69) is 15.9 Å². The summed E-state index contributed by atoms with van der Waals surface area (Å²) in [5, 5.41) is 36.0. The van der Waals surface area contributed by atoms with Crippen LogP contribution < -0.4 is 0 Å². The number of esters is 1. The summed E-state index contributed by atoms with van der Waals surface area (Å²) in [6.07, 6.45) is 0. The van der Waals surface area contributed by atoms with Crippen LogP contribution in [0.4, 0.5) is 0 Å². The normalized spacial score (nSPS) is 18.9. The first-order valence-corrected chi connectivity index (χ1v) is 5.60. The first kappa shape index (κ1) is 13.0. The summed E-state index contributed by atoms with van der Waals surface area (Å²) in [5.41, 5.74) is -3.83. The van der Waals surface area contributed by atoms with Crippen molar-refractivity contribution in [2.75, 3.05) is 11.9 Å². The second kappa shape index (κ2) is 4.42. The Morgan fingerprint density at radius 3 is 1.82 bits per heavy atom.